The number of nitrogens with zero attached hydrogens (tertiary/aromatic N) is 1. The highest BCUT2D eigenvalue weighted by Gasteiger charge is 2.16. The Morgan fingerprint density at radius 1 is 1.11 bits per heavy atom. The maximum atomic E-state index is 12.4. The summed E-state index contributed by atoms with van der Waals surface area (Å²) in [7, 11) is 0. The van der Waals surface area contributed by atoms with Gasteiger partial charge in [-0.15, -0.1) is 0 Å². The van der Waals surface area contributed by atoms with E-state index >= 15 is 0 Å². The predicted molar refractivity (Wildman–Crippen MR) is 109 cm³/mol. The minimum Gasteiger partial charge on any atom is -0.481 e. The molecule has 0 spiro atoms. The summed E-state index contributed by atoms with van der Waals surface area (Å²) in [6, 6.07) is 14.5. The third kappa shape index (κ3) is 5.57. The van der Waals surface area contributed by atoms with Crippen molar-refractivity contribution in [2.45, 2.75) is 52.8 Å². The Kier molecular flexibility index (Phi) is 6.51. The molecule has 1 N–H and O–H groups in total. The summed E-state index contributed by atoms with van der Waals surface area (Å²) in [5, 5.41) is 3.00. The normalized spacial score (nSPS) is 15.5. The number of aryl methyl sites for hydroxylation is 2. The molecule has 2 aromatic carbocycles. The number of carbonyl (C=O) groups is 1. The minimum absolute atomic E-state index is 0.0964. The van der Waals surface area contributed by atoms with Gasteiger partial charge in [0.05, 0.1) is 0 Å². The minimum atomic E-state index is -0.529. The van der Waals surface area contributed by atoms with Crippen LogP contribution >= 0.6 is 0 Å². The van der Waals surface area contributed by atoms with Gasteiger partial charge < -0.3 is 10.1 Å². The summed E-state index contributed by atoms with van der Waals surface area (Å²) >= 11 is 0. The van der Waals surface area contributed by atoms with Crippen LogP contribution in [0.5, 0.6) is 5.75 Å². The molecule has 1 heterocycles. The van der Waals surface area contributed by atoms with Gasteiger partial charge in [-0.2, -0.15) is 0 Å². The highest BCUT2D eigenvalue weighted by atomic mass is 16.5. The predicted octanol–water partition coefficient (Wildman–Crippen LogP) is 3.98. The lowest BCUT2D eigenvalue weighted by molar-refractivity contribution is -0.127. The fourth-order valence-corrected chi connectivity index (χ4v) is 3.45. The van der Waals surface area contributed by atoms with Crippen LogP contribution in [0.4, 0.5) is 0 Å². The van der Waals surface area contributed by atoms with Gasteiger partial charge in [-0.3, -0.25) is 9.69 Å². The van der Waals surface area contributed by atoms with Crippen LogP contribution in [0.3, 0.4) is 0 Å². The van der Waals surface area contributed by atoms with E-state index in [1.165, 1.54) is 31.5 Å². The van der Waals surface area contributed by atoms with Crippen molar-refractivity contribution < 1.29 is 9.53 Å². The Bertz CT molecular complexity index is 782. The Balaban J connectivity index is 1.52. The summed E-state index contributed by atoms with van der Waals surface area (Å²) in [5.74, 6) is 0.672. The summed E-state index contributed by atoms with van der Waals surface area (Å²) in [4.78, 5) is 14.9. The second-order valence-electron chi connectivity index (χ2n) is 7.55. The number of rotatable bonds is 7. The van der Waals surface area contributed by atoms with Crippen molar-refractivity contribution in [3.63, 3.8) is 0 Å². The number of carbonyl (C=O) groups excluding carboxylic acids is 1. The highest BCUT2D eigenvalue weighted by Crippen LogP contribution is 2.20. The maximum absolute atomic E-state index is 12.4. The van der Waals surface area contributed by atoms with Gasteiger partial charge in [0.25, 0.3) is 5.91 Å². The fourth-order valence-electron chi connectivity index (χ4n) is 3.45. The zero-order valence-electron chi connectivity index (χ0n) is 16.6. The summed E-state index contributed by atoms with van der Waals surface area (Å²) in [6.45, 7) is 9.70. The smallest absolute Gasteiger partial charge is 0.261 e. The molecule has 0 aromatic heterocycles. The van der Waals surface area contributed by atoms with Crippen molar-refractivity contribution in [1.82, 2.24) is 10.2 Å². The SMILES string of the molecule is Cc1ccc(C)c(OC(C)C(=O)NCc2cccc(CN3CCCC3)c2)c1. The molecule has 4 nitrogen and oxygen atoms in total. The third-order valence-electron chi connectivity index (χ3n) is 5.08. The molecule has 27 heavy (non-hydrogen) atoms. The zero-order valence-corrected chi connectivity index (χ0v) is 16.6. The van der Waals surface area contributed by atoms with Crippen LogP contribution in [0.1, 0.15) is 42.0 Å². The average Bonchev–Trinajstić information content (AvgIpc) is 3.16. The first-order valence-corrected chi connectivity index (χ1v) is 9.83. The van der Waals surface area contributed by atoms with E-state index in [1.807, 2.05) is 32.0 Å². The van der Waals surface area contributed by atoms with E-state index in [2.05, 4.69) is 34.5 Å². The molecule has 4 heteroatoms. The van der Waals surface area contributed by atoms with E-state index in [1.54, 1.807) is 6.92 Å². The average molecular weight is 367 g/mol. The van der Waals surface area contributed by atoms with Crippen molar-refractivity contribution >= 4 is 5.91 Å². The molecule has 144 valence electrons. The number of ether oxygens (including phenoxy) is 1. The number of hydrogen-bond donors (Lipinski definition) is 1. The van der Waals surface area contributed by atoms with Gasteiger partial charge in [0.2, 0.25) is 0 Å². The Morgan fingerprint density at radius 2 is 1.85 bits per heavy atom. The molecule has 0 aliphatic carbocycles. The van der Waals surface area contributed by atoms with Crippen LogP contribution in [-0.4, -0.2) is 30.0 Å². The third-order valence-corrected chi connectivity index (χ3v) is 5.08. The molecule has 1 amide bonds. The van der Waals surface area contributed by atoms with Gasteiger partial charge in [-0.05, 0) is 75.0 Å². The largest absolute Gasteiger partial charge is 0.481 e. The van der Waals surface area contributed by atoms with Crippen molar-refractivity contribution in [3.05, 3.63) is 64.7 Å². The maximum Gasteiger partial charge on any atom is 0.261 e. The molecule has 1 atom stereocenters. The second kappa shape index (κ2) is 9.05. The van der Waals surface area contributed by atoms with E-state index in [9.17, 15) is 4.79 Å². The summed E-state index contributed by atoms with van der Waals surface area (Å²) in [6.07, 6.45) is 2.07. The van der Waals surface area contributed by atoms with Crippen molar-refractivity contribution in [1.29, 1.82) is 0 Å². The molecule has 2 aromatic rings. The van der Waals surface area contributed by atoms with Crippen LogP contribution in [0.2, 0.25) is 0 Å². The lowest BCUT2D eigenvalue weighted by Crippen LogP contribution is -2.36. The number of nitrogens with one attached hydrogen (secondary N) is 1. The molecule has 1 unspecified atom stereocenters. The molecule has 0 radical (unpaired) electrons. The molecule has 0 bridgehead atoms. The van der Waals surface area contributed by atoms with Gasteiger partial charge in [-0.1, -0.05) is 36.4 Å². The summed E-state index contributed by atoms with van der Waals surface area (Å²) < 4.78 is 5.87. The molecule has 1 aliphatic rings. The monoisotopic (exact) mass is 366 g/mol. The highest BCUT2D eigenvalue weighted by molar-refractivity contribution is 5.80. The summed E-state index contributed by atoms with van der Waals surface area (Å²) in [5.41, 5.74) is 4.59. The van der Waals surface area contributed by atoms with Crippen LogP contribution in [0, 0.1) is 13.8 Å². The first kappa shape index (κ1) is 19.4. The van der Waals surface area contributed by atoms with Crippen molar-refractivity contribution in [2.75, 3.05) is 13.1 Å². The lowest BCUT2D eigenvalue weighted by Gasteiger charge is -2.17. The molecule has 3 rings (SSSR count). The van der Waals surface area contributed by atoms with Crippen LogP contribution in [-0.2, 0) is 17.9 Å². The Hall–Kier alpha value is -2.33. The van der Waals surface area contributed by atoms with Gasteiger partial charge in [0.1, 0.15) is 5.75 Å². The molecule has 1 saturated heterocycles. The van der Waals surface area contributed by atoms with E-state index in [0.717, 1.165) is 29.0 Å². The van der Waals surface area contributed by atoms with Gasteiger partial charge in [0.15, 0.2) is 6.10 Å². The van der Waals surface area contributed by atoms with Crippen LogP contribution < -0.4 is 10.1 Å². The fraction of sp³-hybridized carbons (Fsp3) is 0.435. The number of hydrogen-bond acceptors (Lipinski definition) is 3. The number of likely N-dealkylation sites (tertiary alicyclic amines) is 1. The number of benzene rings is 2. The molecule has 0 saturated carbocycles. The first-order chi connectivity index (χ1) is 13.0. The van der Waals surface area contributed by atoms with Crippen LogP contribution in [0.25, 0.3) is 0 Å². The molecule has 1 fully saturated rings. The molecular weight excluding hydrogens is 336 g/mol. The van der Waals surface area contributed by atoms with Gasteiger partial charge in [0, 0.05) is 13.1 Å². The Labute approximate surface area is 162 Å². The molecular formula is C23H30N2O2. The topological polar surface area (TPSA) is 41.6 Å². The van der Waals surface area contributed by atoms with E-state index in [-0.39, 0.29) is 5.91 Å². The second-order valence-corrected chi connectivity index (χ2v) is 7.55. The zero-order chi connectivity index (χ0) is 19.2. The standard InChI is InChI=1S/C23H30N2O2/c1-17-9-10-18(2)22(13-17)27-19(3)23(26)24-15-20-7-6-8-21(14-20)16-25-11-4-5-12-25/h6-10,13-14,19H,4-5,11-12,15-16H2,1-3H3,(H,24,26). The van der Waals surface area contributed by atoms with Gasteiger partial charge >= 0.3 is 0 Å². The van der Waals surface area contributed by atoms with Crippen molar-refractivity contribution in [3.8, 4) is 5.75 Å². The Morgan fingerprint density at radius 3 is 2.63 bits per heavy atom. The quantitative estimate of drug-likeness (QED) is 0.806. The molecule has 1 aliphatic heterocycles. The van der Waals surface area contributed by atoms with Gasteiger partial charge in [-0.25, -0.2) is 0 Å². The number of amides is 1. The first-order valence-electron chi connectivity index (χ1n) is 9.83. The van der Waals surface area contributed by atoms with E-state index in [4.69, 9.17) is 4.74 Å². The van der Waals surface area contributed by atoms with E-state index in [0.29, 0.717) is 6.54 Å². The van der Waals surface area contributed by atoms with Crippen LogP contribution in [0.15, 0.2) is 42.5 Å². The van der Waals surface area contributed by atoms with Crippen molar-refractivity contribution in [2.24, 2.45) is 0 Å². The van der Waals surface area contributed by atoms with E-state index < -0.39 is 6.10 Å². The lowest BCUT2D eigenvalue weighted by atomic mass is 10.1.